The van der Waals surface area contributed by atoms with Crippen LogP contribution in [0.4, 0.5) is 0 Å². The molecule has 0 amide bonds. The zero-order chi connectivity index (χ0) is 17.3. The Balaban J connectivity index is 2.22. The molecule has 0 aromatic heterocycles. The van der Waals surface area contributed by atoms with Crippen molar-refractivity contribution in [2.24, 2.45) is 0 Å². The summed E-state index contributed by atoms with van der Waals surface area (Å²) in [5.41, 5.74) is 5.59. The van der Waals surface area contributed by atoms with E-state index in [1.54, 1.807) is 0 Å². The topological polar surface area (TPSA) is 0 Å². The molecule has 0 saturated carbocycles. The summed E-state index contributed by atoms with van der Waals surface area (Å²) < 4.78 is 1.17. The summed E-state index contributed by atoms with van der Waals surface area (Å²) in [6, 6.07) is 17.7. The fourth-order valence-electron chi connectivity index (χ4n) is 2.45. The second kappa shape index (κ2) is 6.67. The molecule has 0 fully saturated rings. The van der Waals surface area contributed by atoms with Crippen molar-refractivity contribution in [1.82, 2.24) is 0 Å². The van der Waals surface area contributed by atoms with Crippen LogP contribution >= 0.6 is 0 Å². The Morgan fingerprint density at radius 2 is 1.09 bits per heavy atom. The molecule has 1 radical (unpaired) electrons. The molecule has 0 unspecified atom stereocenters. The van der Waals surface area contributed by atoms with Crippen LogP contribution in [0, 0.1) is 0 Å². The Morgan fingerprint density at radius 3 is 1.48 bits per heavy atom. The molecule has 0 aliphatic rings. The van der Waals surface area contributed by atoms with Gasteiger partial charge in [0.15, 0.2) is 0 Å². The Labute approximate surface area is 149 Å². The summed E-state index contributed by atoms with van der Waals surface area (Å²) in [6.45, 7) is 13.5. The van der Waals surface area contributed by atoms with Gasteiger partial charge >= 0.3 is 150 Å². The maximum atomic E-state index is 3.21. The van der Waals surface area contributed by atoms with E-state index in [4.69, 9.17) is 0 Å². The molecule has 0 aliphatic carbocycles. The van der Waals surface area contributed by atoms with Crippen LogP contribution in [0.3, 0.4) is 0 Å². The summed E-state index contributed by atoms with van der Waals surface area (Å²) in [5, 5.41) is 0. The first-order valence-corrected chi connectivity index (χ1v) is 9.03. The zero-order valence-corrected chi connectivity index (χ0v) is 16.8. The van der Waals surface area contributed by atoms with Crippen molar-refractivity contribution in [3.05, 3.63) is 70.8 Å². The number of rotatable bonds is 2. The standard InChI is InChI=1S/C22H27Se/c1-21(2,3)18-11-7-16(8-12-18)15-20(23)17-9-13-19(14-10-17)22(4,5)6/h7-15H,1-6H3. The van der Waals surface area contributed by atoms with E-state index < -0.39 is 0 Å². The molecule has 2 rings (SSSR count). The van der Waals surface area contributed by atoms with Gasteiger partial charge in [-0.25, -0.2) is 0 Å². The first-order chi connectivity index (χ1) is 10.6. The first-order valence-electron chi connectivity index (χ1n) is 8.17. The van der Waals surface area contributed by atoms with Crippen LogP contribution in [0.5, 0.6) is 0 Å². The molecule has 2 aromatic rings. The molecule has 0 bridgehead atoms. The molecular formula is C22H27Se. The van der Waals surface area contributed by atoms with Gasteiger partial charge in [0.2, 0.25) is 0 Å². The molecule has 121 valence electrons. The Morgan fingerprint density at radius 1 is 0.696 bits per heavy atom. The summed E-state index contributed by atoms with van der Waals surface area (Å²) in [7, 11) is 0. The molecule has 0 saturated heterocycles. The van der Waals surface area contributed by atoms with Crippen LogP contribution < -0.4 is 0 Å². The zero-order valence-electron chi connectivity index (χ0n) is 15.1. The molecule has 0 heterocycles. The molecule has 0 nitrogen and oxygen atoms in total. The maximum absolute atomic E-state index is 3.21. The molecule has 0 atom stereocenters. The molecule has 23 heavy (non-hydrogen) atoms. The van der Waals surface area contributed by atoms with Crippen molar-refractivity contribution >= 4 is 26.6 Å². The summed E-state index contributed by atoms with van der Waals surface area (Å²) in [5.74, 6) is 0. The van der Waals surface area contributed by atoms with Gasteiger partial charge in [-0.3, -0.25) is 0 Å². The Bertz CT molecular complexity index is 675. The van der Waals surface area contributed by atoms with Crippen molar-refractivity contribution in [3.8, 4) is 0 Å². The van der Waals surface area contributed by atoms with E-state index in [2.05, 4.69) is 112 Å². The number of benzene rings is 2. The summed E-state index contributed by atoms with van der Waals surface area (Å²) in [4.78, 5) is 0. The van der Waals surface area contributed by atoms with Crippen LogP contribution in [-0.4, -0.2) is 16.0 Å². The van der Waals surface area contributed by atoms with Gasteiger partial charge in [-0.2, -0.15) is 0 Å². The molecule has 0 spiro atoms. The van der Waals surface area contributed by atoms with Gasteiger partial charge in [0.25, 0.3) is 0 Å². The van der Waals surface area contributed by atoms with Gasteiger partial charge < -0.3 is 0 Å². The van der Waals surface area contributed by atoms with Gasteiger partial charge in [0, 0.05) is 0 Å². The van der Waals surface area contributed by atoms with Gasteiger partial charge in [0.05, 0.1) is 0 Å². The van der Waals surface area contributed by atoms with Gasteiger partial charge in [-0.15, -0.1) is 0 Å². The second-order valence-corrected chi connectivity index (χ2v) is 9.13. The monoisotopic (exact) mass is 371 g/mol. The van der Waals surface area contributed by atoms with Gasteiger partial charge in [-0.05, 0) is 0 Å². The predicted molar refractivity (Wildman–Crippen MR) is 104 cm³/mol. The van der Waals surface area contributed by atoms with Gasteiger partial charge in [0.1, 0.15) is 0 Å². The van der Waals surface area contributed by atoms with E-state index in [1.807, 2.05) is 0 Å². The van der Waals surface area contributed by atoms with E-state index in [0.717, 1.165) is 0 Å². The predicted octanol–water partition coefficient (Wildman–Crippen LogP) is 5.95. The Hall–Kier alpha value is -1.30. The van der Waals surface area contributed by atoms with E-state index in [9.17, 15) is 0 Å². The van der Waals surface area contributed by atoms with E-state index >= 15 is 0 Å². The van der Waals surface area contributed by atoms with Crippen molar-refractivity contribution < 1.29 is 0 Å². The van der Waals surface area contributed by atoms with Crippen molar-refractivity contribution in [3.63, 3.8) is 0 Å². The summed E-state index contributed by atoms with van der Waals surface area (Å²) >= 11 is 3.21. The fourth-order valence-corrected chi connectivity index (χ4v) is 3.02. The molecule has 2 aromatic carbocycles. The average Bonchev–Trinajstić information content (AvgIpc) is 2.46. The van der Waals surface area contributed by atoms with Crippen LogP contribution in [0.1, 0.15) is 63.8 Å². The third-order valence-electron chi connectivity index (χ3n) is 4.11. The third-order valence-corrected chi connectivity index (χ3v) is 4.85. The second-order valence-electron chi connectivity index (χ2n) is 8.21. The van der Waals surface area contributed by atoms with Crippen LogP contribution in [0.25, 0.3) is 10.5 Å². The summed E-state index contributed by atoms with van der Waals surface area (Å²) in [6.07, 6.45) is 2.21. The first kappa shape index (κ1) is 18.0. The SMILES string of the molecule is CC(C)(C)c1ccc(C=C([Se])c2ccc(C(C)(C)C)cc2)cc1. The Kier molecular flexibility index (Phi) is 5.23. The van der Waals surface area contributed by atoms with Crippen LogP contribution in [0.2, 0.25) is 0 Å². The number of hydrogen-bond acceptors (Lipinski definition) is 0. The normalized spacial score (nSPS) is 13.2. The minimum atomic E-state index is 0.197. The average molecular weight is 370 g/mol. The van der Waals surface area contributed by atoms with Crippen molar-refractivity contribution in [1.29, 1.82) is 0 Å². The van der Waals surface area contributed by atoms with E-state index in [-0.39, 0.29) is 10.8 Å². The molecular weight excluding hydrogens is 343 g/mol. The van der Waals surface area contributed by atoms with Crippen molar-refractivity contribution in [2.45, 2.75) is 52.4 Å². The molecule has 1 heteroatoms. The van der Waals surface area contributed by atoms with Crippen LogP contribution in [-0.2, 0) is 10.8 Å². The molecule has 0 aliphatic heterocycles. The minimum absolute atomic E-state index is 0.197. The van der Waals surface area contributed by atoms with Crippen molar-refractivity contribution in [2.75, 3.05) is 0 Å². The molecule has 0 N–H and O–H groups in total. The third kappa shape index (κ3) is 4.83. The van der Waals surface area contributed by atoms with Gasteiger partial charge in [-0.1, -0.05) is 0 Å². The van der Waals surface area contributed by atoms with E-state index in [1.165, 1.54) is 26.7 Å². The van der Waals surface area contributed by atoms with Crippen LogP contribution in [0.15, 0.2) is 48.5 Å². The quantitative estimate of drug-likeness (QED) is 0.453. The number of hydrogen-bond donors (Lipinski definition) is 0. The van der Waals surface area contributed by atoms with E-state index in [0.29, 0.717) is 0 Å². The fraction of sp³-hybridized carbons (Fsp3) is 0.364.